The number of benzene rings is 1. The van der Waals surface area contributed by atoms with E-state index in [-0.39, 0.29) is 42.0 Å². The maximum Gasteiger partial charge on any atom is 0.573 e. The molecule has 5 nitrogen and oxygen atoms in total. The predicted octanol–water partition coefficient (Wildman–Crippen LogP) is 4.73. The second kappa shape index (κ2) is 10.4. The number of amides is 1. The summed E-state index contributed by atoms with van der Waals surface area (Å²) in [5.41, 5.74) is 0.777. The zero-order valence-electron chi connectivity index (χ0n) is 20.4. The average molecular weight is 529 g/mol. The number of aromatic nitrogens is 1. The molecule has 1 aromatic carbocycles. The van der Waals surface area contributed by atoms with Gasteiger partial charge < -0.3 is 15.0 Å². The monoisotopic (exact) mass is 528 g/mol. The van der Waals surface area contributed by atoms with Crippen molar-refractivity contribution in [3.63, 3.8) is 0 Å². The number of carbonyl (C=O) groups excluding carboxylic acids is 1. The molecule has 1 fully saturated rings. The number of nitrogens with one attached hydrogen (secondary N) is 1. The van der Waals surface area contributed by atoms with E-state index in [4.69, 9.17) is 0 Å². The Hall–Kier alpha value is -3.00. The molecular formula is C26H28F6N3O2+. The summed E-state index contributed by atoms with van der Waals surface area (Å²) >= 11 is 0. The topological polar surface area (TPSA) is 55.7 Å². The first-order valence-corrected chi connectivity index (χ1v) is 12.1. The van der Waals surface area contributed by atoms with Crippen molar-refractivity contribution in [1.29, 1.82) is 0 Å². The molecule has 37 heavy (non-hydrogen) atoms. The molecular weight excluding hydrogens is 500 g/mol. The summed E-state index contributed by atoms with van der Waals surface area (Å²) in [6, 6.07) is 6.68. The van der Waals surface area contributed by atoms with E-state index in [1.807, 2.05) is 13.8 Å². The molecule has 1 aromatic heterocycles. The van der Waals surface area contributed by atoms with Gasteiger partial charge in [0, 0.05) is 25.0 Å². The Kier molecular flexibility index (Phi) is 7.60. The SMILES string of the molecule is CC(C)C1C[C@@H](NCc2ccc(OC(F)(F)F)cc2)C[C@H]1C(=O)N1CCc2[n+]#cc(C(F)(F)F)cc2C1. The third kappa shape index (κ3) is 6.66. The number of nitrogens with zero attached hydrogens (tertiary/aromatic N) is 2. The molecule has 0 bridgehead atoms. The molecule has 1 amide bonds. The van der Waals surface area contributed by atoms with Gasteiger partial charge in [-0.3, -0.25) is 4.79 Å². The summed E-state index contributed by atoms with van der Waals surface area (Å²) in [5, 5.41) is 3.41. The molecule has 11 heteroatoms. The summed E-state index contributed by atoms with van der Waals surface area (Å²) in [4.78, 5) is 19.0. The number of hydrogen-bond acceptors (Lipinski definition) is 3. The van der Waals surface area contributed by atoms with Crippen LogP contribution in [0.5, 0.6) is 5.75 Å². The molecule has 200 valence electrons. The zero-order valence-corrected chi connectivity index (χ0v) is 20.4. The normalized spacial score (nSPS) is 22.1. The maximum absolute atomic E-state index is 13.5. The molecule has 1 N–H and O–H groups in total. The van der Waals surface area contributed by atoms with Crippen molar-refractivity contribution in [1.82, 2.24) is 10.2 Å². The largest absolute Gasteiger partial charge is 0.573 e. The van der Waals surface area contributed by atoms with E-state index >= 15 is 0 Å². The lowest BCUT2D eigenvalue weighted by atomic mass is 9.85. The van der Waals surface area contributed by atoms with Crippen LogP contribution in [0, 0.1) is 24.0 Å². The van der Waals surface area contributed by atoms with Gasteiger partial charge >= 0.3 is 24.4 Å². The fourth-order valence-electron chi connectivity index (χ4n) is 5.26. The fourth-order valence-corrected chi connectivity index (χ4v) is 5.26. The van der Waals surface area contributed by atoms with Gasteiger partial charge in [-0.1, -0.05) is 26.0 Å². The van der Waals surface area contributed by atoms with E-state index < -0.39 is 18.1 Å². The highest BCUT2D eigenvalue weighted by atomic mass is 19.4. The van der Waals surface area contributed by atoms with Gasteiger partial charge in [0.2, 0.25) is 5.91 Å². The Balaban J connectivity index is 1.39. The van der Waals surface area contributed by atoms with Crippen molar-refractivity contribution in [2.24, 2.45) is 17.8 Å². The smallest absolute Gasteiger partial charge is 0.406 e. The lowest BCUT2D eigenvalue weighted by molar-refractivity contribution is -0.313. The van der Waals surface area contributed by atoms with E-state index in [0.717, 1.165) is 18.1 Å². The van der Waals surface area contributed by atoms with Crippen LogP contribution in [0.15, 0.2) is 30.3 Å². The molecule has 1 saturated carbocycles. The van der Waals surface area contributed by atoms with Crippen LogP contribution in [0.4, 0.5) is 26.3 Å². The summed E-state index contributed by atoms with van der Waals surface area (Å²) in [6.45, 7) is 5.00. The minimum atomic E-state index is -4.75. The van der Waals surface area contributed by atoms with Crippen LogP contribution < -0.4 is 15.0 Å². The van der Waals surface area contributed by atoms with E-state index in [1.54, 1.807) is 17.0 Å². The number of ether oxygens (including phenoxy) is 1. The van der Waals surface area contributed by atoms with Gasteiger partial charge in [-0.25, -0.2) is 0 Å². The Labute approximate surface area is 211 Å². The summed E-state index contributed by atoms with van der Waals surface area (Å²) in [7, 11) is 0. The quantitative estimate of drug-likeness (QED) is 0.551. The van der Waals surface area contributed by atoms with Crippen molar-refractivity contribution in [2.45, 2.75) is 64.8 Å². The van der Waals surface area contributed by atoms with Gasteiger partial charge in [-0.2, -0.15) is 13.2 Å². The van der Waals surface area contributed by atoms with Gasteiger partial charge in [0.1, 0.15) is 5.75 Å². The van der Waals surface area contributed by atoms with Crippen LogP contribution in [0.25, 0.3) is 0 Å². The predicted molar refractivity (Wildman–Crippen MR) is 120 cm³/mol. The molecule has 2 heterocycles. The van der Waals surface area contributed by atoms with Crippen LogP contribution >= 0.6 is 0 Å². The molecule has 1 aliphatic carbocycles. The third-order valence-electron chi connectivity index (χ3n) is 7.13. The Morgan fingerprint density at radius 1 is 1.16 bits per heavy atom. The van der Waals surface area contributed by atoms with E-state index in [0.29, 0.717) is 37.2 Å². The second-order valence-electron chi connectivity index (χ2n) is 10.0. The summed E-state index contributed by atoms with van der Waals surface area (Å²) in [5.74, 6) is -0.302. The Bertz CT molecular complexity index is 1100. The van der Waals surface area contributed by atoms with Crippen LogP contribution in [0.2, 0.25) is 0 Å². The second-order valence-corrected chi connectivity index (χ2v) is 10.0. The summed E-state index contributed by atoms with van der Waals surface area (Å²) < 4.78 is 80.3. The maximum atomic E-state index is 13.5. The van der Waals surface area contributed by atoms with Crippen molar-refractivity contribution in [3.8, 4) is 5.75 Å². The lowest BCUT2D eigenvalue weighted by Gasteiger charge is -2.31. The Morgan fingerprint density at radius 3 is 2.49 bits per heavy atom. The number of fused-ring (bicyclic) bond motifs is 1. The highest BCUT2D eigenvalue weighted by Crippen LogP contribution is 2.39. The van der Waals surface area contributed by atoms with Crippen LogP contribution in [0.1, 0.15) is 49.1 Å². The molecule has 4 rings (SSSR count). The Morgan fingerprint density at radius 2 is 1.86 bits per heavy atom. The van der Waals surface area contributed by atoms with Crippen molar-refractivity contribution >= 4 is 5.91 Å². The highest BCUT2D eigenvalue weighted by molar-refractivity contribution is 5.80. The van der Waals surface area contributed by atoms with Gasteiger partial charge in [0.25, 0.3) is 0 Å². The van der Waals surface area contributed by atoms with Crippen molar-refractivity contribution in [3.05, 3.63) is 58.9 Å². The minimum Gasteiger partial charge on any atom is -0.406 e. The van der Waals surface area contributed by atoms with Crippen molar-refractivity contribution < 1.29 is 40.9 Å². The third-order valence-corrected chi connectivity index (χ3v) is 7.13. The molecule has 2 aliphatic rings. The number of halogens is 6. The van der Waals surface area contributed by atoms with Gasteiger partial charge in [0.15, 0.2) is 5.56 Å². The van der Waals surface area contributed by atoms with E-state index in [1.165, 1.54) is 12.1 Å². The van der Waals surface area contributed by atoms with E-state index in [9.17, 15) is 31.1 Å². The first-order valence-electron chi connectivity index (χ1n) is 12.1. The first-order chi connectivity index (χ1) is 17.3. The standard InChI is InChI=1S/C26H28F6N3O2/c1-15(2)21-10-19(33-12-16-3-5-20(6-4-16)37-26(30,31)32)11-22(21)24(36)35-8-7-23-17(14-35)9-18(13-34-23)25(27,28)29/h3-6,9,15,19,21-22,33H,7-8,10-12,14H2,1-2H3/q+1/t19-,21?,22-/m1/s1. The zero-order chi connectivity index (χ0) is 27.0. The van der Waals surface area contributed by atoms with Gasteiger partial charge in [-0.05, 0) is 53.4 Å². The molecule has 1 aliphatic heterocycles. The number of hydrogen-bond donors (Lipinski definition) is 1. The number of carbonyl (C=O) groups is 1. The molecule has 0 spiro atoms. The molecule has 3 atom stereocenters. The first kappa shape index (κ1) is 27.0. The van der Waals surface area contributed by atoms with Crippen LogP contribution in [-0.4, -0.2) is 29.8 Å². The average Bonchev–Trinajstić information content (AvgIpc) is 3.25. The summed E-state index contributed by atoms with van der Waals surface area (Å²) in [6.07, 6.45) is -5.53. The molecule has 0 saturated heterocycles. The van der Waals surface area contributed by atoms with Crippen LogP contribution in [-0.2, 0) is 30.5 Å². The van der Waals surface area contributed by atoms with Crippen molar-refractivity contribution in [2.75, 3.05) is 6.54 Å². The molecule has 1 unspecified atom stereocenters. The lowest BCUT2D eigenvalue weighted by Crippen LogP contribution is -2.42. The minimum absolute atomic E-state index is 0.0256. The molecule has 2 aromatic rings. The highest BCUT2D eigenvalue weighted by Gasteiger charge is 2.43. The number of rotatable bonds is 6. The van der Waals surface area contributed by atoms with Gasteiger partial charge in [0.05, 0.1) is 18.5 Å². The molecule has 0 radical (unpaired) electrons. The number of alkyl halides is 6. The van der Waals surface area contributed by atoms with E-state index in [2.05, 4.69) is 21.2 Å². The van der Waals surface area contributed by atoms with Gasteiger partial charge in [-0.15, -0.1) is 13.2 Å². The fraction of sp³-hybridized carbons (Fsp3) is 0.538. The van der Waals surface area contributed by atoms with Crippen LogP contribution in [0.3, 0.4) is 0 Å².